The molecule has 0 radical (unpaired) electrons. The van der Waals surface area contributed by atoms with Gasteiger partial charge in [-0.3, -0.25) is 0 Å². The number of nitrogens with two attached hydrogens (primary N) is 1. The maximum absolute atomic E-state index is 9.01. The van der Waals surface area contributed by atoms with Crippen LogP contribution in [0.25, 0.3) is 0 Å². The second-order valence-corrected chi connectivity index (χ2v) is 14.2. The van der Waals surface area contributed by atoms with Crippen LogP contribution < -0.4 is 25.8 Å². The molecule has 4 aromatic rings. The topological polar surface area (TPSA) is 71.1 Å². The van der Waals surface area contributed by atoms with Crippen molar-refractivity contribution < 1.29 is 4.43 Å². The highest BCUT2D eigenvalue weighted by Crippen LogP contribution is 2.37. The summed E-state index contributed by atoms with van der Waals surface area (Å²) in [6.45, 7) is 7.60. The molecular formula is C31H33N3OSi. The van der Waals surface area contributed by atoms with Gasteiger partial charge in [-0.15, -0.1) is 0 Å². The van der Waals surface area contributed by atoms with Gasteiger partial charge in [0, 0.05) is 6.54 Å². The maximum Gasteiger partial charge on any atom is 0.319 e. The van der Waals surface area contributed by atoms with E-state index in [1.807, 2.05) is 6.07 Å². The average Bonchev–Trinajstić information content (AvgIpc) is 2.89. The van der Waals surface area contributed by atoms with Crippen molar-refractivity contribution in [3.8, 4) is 11.8 Å². The first-order valence-electron chi connectivity index (χ1n) is 12.3. The van der Waals surface area contributed by atoms with Crippen molar-refractivity contribution in [2.24, 2.45) is 0 Å². The summed E-state index contributed by atoms with van der Waals surface area (Å²) in [4.78, 5) is 0. The fourth-order valence-electron chi connectivity index (χ4n) is 4.69. The molecule has 0 amide bonds. The highest BCUT2D eigenvalue weighted by molar-refractivity contribution is 7.00. The van der Waals surface area contributed by atoms with Crippen LogP contribution in [0.5, 0.6) is 5.75 Å². The fraction of sp³-hybridized carbons (Fsp3) is 0.194. The van der Waals surface area contributed by atoms with Crippen molar-refractivity contribution in [1.29, 1.82) is 5.26 Å². The second kappa shape index (κ2) is 10.7. The number of hydrogen-bond acceptors (Lipinski definition) is 4. The second-order valence-electron chi connectivity index (χ2n) is 10.00. The Balaban J connectivity index is 1.55. The summed E-state index contributed by atoms with van der Waals surface area (Å²) in [6.07, 6.45) is 0.846. The summed E-state index contributed by atoms with van der Waals surface area (Å²) < 4.78 is 7.09. The molecule has 0 unspecified atom stereocenters. The lowest BCUT2D eigenvalue weighted by atomic mass is 10.1. The minimum absolute atomic E-state index is 0.0840. The van der Waals surface area contributed by atoms with Crippen molar-refractivity contribution in [3.63, 3.8) is 0 Å². The van der Waals surface area contributed by atoms with Crippen molar-refractivity contribution in [2.75, 3.05) is 17.6 Å². The predicted molar refractivity (Wildman–Crippen MR) is 152 cm³/mol. The van der Waals surface area contributed by atoms with Gasteiger partial charge in [-0.05, 0) is 57.7 Å². The quantitative estimate of drug-likeness (QED) is 0.244. The van der Waals surface area contributed by atoms with E-state index >= 15 is 0 Å². The number of nitrogens with zero attached hydrogens (tertiary/aromatic N) is 1. The Bertz CT molecular complexity index is 1290. The van der Waals surface area contributed by atoms with Crippen molar-refractivity contribution in [3.05, 3.63) is 114 Å². The normalized spacial score (nSPS) is 11.5. The van der Waals surface area contributed by atoms with Crippen LogP contribution >= 0.6 is 0 Å². The minimum Gasteiger partial charge on any atom is -0.534 e. The van der Waals surface area contributed by atoms with E-state index in [1.54, 1.807) is 12.1 Å². The molecular weight excluding hydrogens is 458 g/mol. The van der Waals surface area contributed by atoms with Gasteiger partial charge in [0.15, 0.2) is 0 Å². The first-order chi connectivity index (χ1) is 17.3. The summed E-state index contributed by atoms with van der Waals surface area (Å²) in [6, 6.07) is 37.2. The Hall–Kier alpha value is -4.01. The number of nitriles is 1. The van der Waals surface area contributed by atoms with E-state index in [0.717, 1.165) is 24.4 Å². The SMILES string of the molecule is CC(C)(C)[Si](Oc1ccc(CCNc2ccc(C#N)cc2N)cc1)(c1ccccc1)c1ccccc1. The van der Waals surface area contributed by atoms with Crippen LogP contribution in [0.1, 0.15) is 31.9 Å². The van der Waals surface area contributed by atoms with E-state index in [1.165, 1.54) is 15.9 Å². The highest BCUT2D eigenvalue weighted by atomic mass is 28.4. The molecule has 0 aliphatic rings. The van der Waals surface area contributed by atoms with Crippen LogP contribution in [0.15, 0.2) is 103 Å². The zero-order valence-electron chi connectivity index (χ0n) is 21.2. The van der Waals surface area contributed by atoms with Crippen LogP contribution in [-0.2, 0) is 6.42 Å². The number of rotatable bonds is 8. The molecule has 0 aromatic heterocycles. The van der Waals surface area contributed by atoms with E-state index in [4.69, 9.17) is 15.4 Å². The van der Waals surface area contributed by atoms with Crippen molar-refractivity contribution >= 4 is 30.1 Å². The number of nitrogens with one attached hydrogen (secondary N) is 1. The molecule has 0 spiro atoms. The molecule has 36 heavy (non-hydrogen) atoms. The lowest BCUT2D eigenvalue weighted by Gasteiger charge is -2.43. The minimum atomic E-state index is -2.64. The molecule has 4 aromatic carbocycles. The average molecular weight is 492 g/mol. The van der Waals surface area contributed by atoms with Gasteiger partial charge in [0.2, 0.25) is 0 Å². The van der Waals surface area contributed by atoms with E-state index in [-0.39, 0.29) is 5.04 Å². The zero-order chi connectivity index (χ0) is 25.6. The molecule has 0 atom stereocenters. The molecule has 0 aliphatic heterocycles. The largest absolute Gasteiger partial charge is 0.534 e. The van der Waals surface area contributed by atoms with E-state index in [2.05, 4.69) is 117 Å². The van der Waals surface area contributed by atoms with Gasteiger partial charge in [-0.25, -0.2) is 0 Å². The Kier molecular flexibility index (Phi) is 7.47. The maximum atomic E-state index is 9.01. The van der Waals surface area contributed by atoms with Crippen LogP contribution in [-0.4, -0.2) is 14.9 Å². The molecule has 0 fully saturated rings. The third kappa shape index (κ3) is 5.29. The number of benzene rings is 4. The number of hydrogen-bond donors (Lipinski definition) is 2. The fourth-order valence-corrected chi connectivity index (χ4v) is 9.11. The molecule has 0 saturated carbocycles. The summed E-state index contributed by atoms with van der Waals surface area (Å²) in [7, 11) is -2.64. The summed E-state index contributed by atoms with van der Waals surface area (Å²) >= 11 is 0. The molecule has 4 rings (SSSR count). The highest BCUT2D eigenvalue weighted by Gasteiger charge is 2.52. The number of nitrogen functional groups attached to an aromatic ring is 1. The van der Waals surface area contributed by atoms with Gasteiger partial charge < -0.3 is 15.5 Å². The molecule has 3 N–H and O–H groups in total. The first kappa shape index (κ1) is 25.1. The van der Waals surface area contributed by atoms with Gasteiger partial charge >= 0.3 is 8.32 Å². The Morgan fingerprint density at radius 2 is 1.42 bits per heavy atom. The molecule has 0 heterocycles. The molecule has 4 nitrogen and oxygen atoms in total. The Labute approximate surface area is 215 Å². The van der Waals surface area contributed by atoms with Crippen LogP contribution in [0.3, 0.4) is 0 Å². The molecule has 0 aliphatic carbocycles. The Morgan fingerprint density at radius 1 is 0.833 bits per heavy atom. The van der Waals surface area contributed by atoms with Crippen LogP contribution in [0.4, 0.5) is 11.4 Å². The third-order valence-corrected chi connectivity index (χ3v) is 11.5. The van der Waals surface area contributed by atoms with Crippen molar-refractivity contribution in [2.45, 2.75) is 32.2 Å². The zero-order valence-corrected chi connectivity index (χ0v) is 22.2. The van der Waals surface area contributed by atoms with Gasteiger partial charge in [0.05, 0.1) is 23.0 Å². The van der Waals surface area contributed by atoms with E-state index in [0.29, 0.717) is 11.3 Å². The summed E-state index contributed by atoms with van der Waals surface area (Å²) in [5.41, 5.74) is 9.27. The molecule has 182 valence electrons. The molecule has 0 bridgehead atoms. The number of anilines is 2. The van der Waals surface area contributed by atoms with Gasteiger partial charge in [-0.1, -0.05) is 93.6 Å². The predicted octanol–water partition coefficient (Wildman–Crippen LogP) is 5.73. The first-order valence-corrected chi connectivity index (χ1v) is 14.2. The smallest absolute Gasteiger partial charge is 0.319 e. The molecule has 0 saturated heterocycles. The van der Waals surface area contributed by atoms with Crippen LogP contribution in [0.2, 0.25) is 5.04 Å². The van der Waals surface area contributed by atoms with Gasteiger partial charge in [-0.2, -0.15) is 5.26 Å². The lowest BCUT2D eigenvalue weighted by Crippen LogP contribution is -2.68. The van der Waals surface area contributed by atoms with Crippen molar-refractivity contribution in [1.82, 2.24) is 0 Å². The van der Waals surface area contributed by atoms with E-state index < -0.39 is 8.32 Å². The standard InChI is InChI=1S/C31H33N3OSi/c1-31(2,3)36(27-10-6-4-7-11-27,28-12-8-5-9-13-28)35-26-17-14-24(15-18-26)20-21-34-30-19-16-25(23-32)22-29(30)33/h4-19,22,34H,20-21,33H2,1-3H3. The summed E-state index contributed by atoms with van der Waals surface area (Å²) in [5, 5.41) is 14.8. The monoisotopic (exact) mass is 491 g/mol. The van der Waals surface area contributed by atoms with E-state index in [9.17, 15) is 0 Å². The summed E-state index contributed by atoms with van der Waals surface area (Å²) in [5.74, 6) is 0.886. The van der Waals surface area contributed by atoms with Gasteiger partial charge in [0.25, 0.3) is 0 Å². The third-order valence-electron chi connectivity index (χ3n) is 6.52. The van der Waals surface area contributed by atoms with Gasteiger partial charge in [0.1, 0.15) is 5.75 Å². The molecule has 5 heteroatoms. The lowest BCUT2D eigenvalue weighted by molar-refractivity contribution is 0.508. The van der Waals surface area contributed by atoms with Crippen LogP contribution in [0, 0.1) is 11.3 Å². The Morgan fingerprint density at radius 3 is 1.92 bits per heavy atom.